The van der Waals surface area contributed by atoms with Crippen molar-refractivity contribution in [2.75, 3.05) is 6.54 Å². The Hall–Kier alpha value is -0.960. The summed E-state index contributed by atoms with van der Waals surface area (Å²) in [6, 6.07) is 8.42. The second-order valence-electron chi connectivity index (χ2n) is 5.73. The lowest BCUT2D eigenvalue weighted by molar-refractivity contribution is -0.00736. The average molecular weight is 251 g/mol. The van der Waals surface area contributed by atoms with E-state index in [1.807, 2.05) is 0 Å². The van der Waals surface area contributed by atoms with Crippen LogP contribution in [-0.2, 0) is 5.92 Å². The van der Waals surface area contributed by atoms with Gasteiger partial charge in [-0.3, -0.25) is 0 Å². The molecule has 3 heteroatoms. The molecule has 1 nitrogen and oxygen atoms in total. The van der Waals surface area contributed by atoms with Gasteiger partial charge in [-0.05, 0) is 31.1 Å². The van der Waals surface area contributed by atoms with Crippen molar-refractivity contribution in [2.24, 2.45) is 11.8 Å². The van der Waals surface area contributed by atoms with Crippen molar-refractivity contribution in [2.45, 2.75) is 37.6 Å². The molecule has 0 saturated heterocycles. The third-order valence-corrected chi connectivity index (χ3v) is 4.52. The number of alkyl halides is 2. The SMILES string of the molecule is FC(F)(CNC1CC2CCC1C2)c1ccccc1. The lowest BCUT2D eigenvalue weighted by Crippen LogP contribution is -2.40. The van der Waals surface area contributed by atoms with E-state index in [2.05, 4.69) is 5.32 Å². The van der Waals surface area contributed by atoms with Crippen LogP contribution in [0.5, 0.6) is 0 Å². The van der Waals surface area contributed by atoms with Gasteiger partial charge in [-0.2, -0.15) is 8.78 Å². The van der Waals surface area contributed by atoms with Gasteiger partial charge in [0.25, 0.3) is 5.92 Å². The maximum atomic E-state index is 14.0. The van der Waals surface area contributed by atoms with Gasteiger partial charge in [-0.1, -0.05) is 36.8 Å². The van der Waals surface area contributed by atoms with Crippen molar-refractivity contribution in [1.29, 1.82) is 0 Å². The lowest BCUT2D eigenvalue weighted by Gasteiger charge is -2.26. The molecule has 0 aliphatic heterocycles. The molecule has 0 radical (unpaired) electrons. The maximum Gasteiger partial charge on any atom is 0.285 e. The monoisotopic (exact) mass is 251 g/mol. The molecule has 2 aliphatic carbocycles. The summed E-state index contributed by atoms with van der Waals surface area (Å²) in [6.45, 7) is -0.231. The van der Waals surface area contributed by atoms with Crippen molar-refractivity contribution >= 4 is 0 Å². The summed E-state index contributed by atoms with van der Waals surface area (Å²) in [5, 5.41) is 3.10. The van der Waals surface area contributed by atoms with Crippen LogP contribution in [0.15, 0.2) is 30.3 Å². The summed E-state index contributed by atoms with van der Waals surface area (Å²) in [4.78, 5) is 0. The first-order chi connectivity index (χ1) is 8.65. The molecule has 3 rings (SSSR count). The van der Waals surface area contributed by atoms with Gasteiger partial charge >= 0.3 is 0 Å². The molecule has 1 N–H and O–H groups in total. The maximum absolute atomic E-state index is 14.0. The van der Waals surface area contributed by atoms with Gasteiger partial charge in [0.15, 0.2) is 0 Å². The number of hydrogen-bond donors (Lipinski definition) is 1. The van der Waals surface area contributed by atoms with Crippen LogP contribution < -0.4 is 5.32 Å². The molecular weight excluding hydrogens is 232 g/mol. The zero-order valence-corrected chi connectivity index (χ0v) is 10.4. The van der Waals surface area contributed by atoms with Gasteiger partial charge in [0.05, 0.1) is 6.54 Å². The Morgan fingerprint density at radius 3 is 2.50 bits per heavy atom. The Labute approximate surface area is 107 Å². The highest BCUT2D eigenvalue weighted by molar-refractivity contribution is 5.20. The Kier molecular flexibility index (Phi) is 3.10. The number of hydrogen-bond acceptors (Lipinski definition) is 1. The molecule has 0 amide bonds. The van der Waals surface area contributed by atoms with Crippen LogP contribution in [-0.4, -0.2) is 12.6 Å². The highest BCUT2D eigenvalue weighted by Gasteiger charge is 2.41. The van der Waals surface area contributed by atoms with Crippen molar-refractivity contribution in [1.82, 2.24) is 5.32 Å². The van der Waals surface area contributed by atoms with Crippen molar-refractivity contribution in [3.63, 3.8) is 0 Å². The van der Waals surface area contributed by atoms with Crippen LogP contribution in [0.25, 0.3) is 0 Å². The predicted octanol–water partition coefficient (Wildman–Crippen LogP) is 3.56. The average Bonchev–Trinajstić information content (AvgIpc) is 3.00. The molecule has 2 saturated carbocycles. The Bertz CT molecular complexity index is 404. The molecule has 3 atom stereocenters. The van der Waals surface area contributed by atoms with Crippen LogP contribution in [0.2, 0.25) is 0 Å². The zero-order chi connectivity index (χ0) is 12.6. The minimum Gasteiger partial charge on any atom is -0.308 e. The minimum absolute atomic E-state index is 0.112. The van der Waals surface area contributed by atoms with Gasteiger partial charge in [0.2, 0.25) is 0 Å². The third kappa shape index (κ3) is 2.28. The number of nitrogens with one attached hydrogen (secondary N) is 1. The van der Waals surface area contributed by atoms with E-state index < -0.39 is 5.92 Å². The van der Waals surface area contributed by atoms with Crippen molar-refractivity contribution in [3.8, 4) is 0 Å². The second kappa shape index (κ2) is 4.61. The van der Waals surface area contributed by atoms with Gasteiger partial charge in [-0.25, -0.2) is 0 Å². The van der Waals surface area contributed by atoms with Crippen LogP contribution in [0.1, 0.15) is 31.2 Å². The third-order valence-electron chi connectivity index (χ3n) is 4.52. The fourth-order valence-corrected chi connectivity index (χ4v) is 3.54. The molecule has 1 aromatic rings. The molecule has 3 unspecified atom stereocenters. The van der Waals surface area contributed by atoms with E-state index in [0.717, 1.165) is 12.3 Å². The lowest BCUT2D eigenvalue weighted by atomic mass is 9.95. The van der Waals surface area contributed by atoms with E-state index in [9.17, 15) is 8.78 Å². The van der Waals surface area contributed by atoms with Crippen LogP contribution in [0, 0.1) is 11.8 Å². The van der Waals surface area contributed by atoms with Crippen LogP contribution in [0.4, 0.5) is 8.78 Å². The number of halogens is 2. The molecular formula is C15H19F2N. The molecule has 0 spiro atoms. The fourth-order valence-electron chi connectivity index (χ4n) is 3.54. The van der Waals surface area contributed by atoms with E-state index in [0.29, 0.717) is 12.0 Å². The summed E-state index contributed by atoms with van der Waals surface area (Å²) >= 11 is 0. The number of rotatable bonds is 4. The standard InChI is InChI=1S/C15H19F2N/c16-15(17,13-4-2-1-3-5-13)10-18-14-9-11-6-7-12(14)8-11/h1-5,11-12,14,18H,6-10H2. The summed E-state index contributed by atoms with van der Waals surface area (Å²) < 4.78 is 28.0. The summed E-state index contributed by atoms with van der Waals surface area (Å²) in [5.41, 5.74) is 0.112. The first-order valence-corrected chi connectivity index (χ1v) is 6.82. The molecule has 2 aliphatic rings. The van der Waals surface area contributed by atoms with Gasteiger partial charge in [-0.15, -0.1) is 0 Å². The largest absolute Gasteiger partial charge is 0.308 e. The topological polar surface area (TPSA) is 12.0 Å². The molecule has 98 valence electrons. The minimum atomic E-state index is -2.76. The van der Waals surface area contributed by atoms with Crippen LogP contribution in [0.3, 0.4) is 0 Å². The van der Waals surface area contributed by atoms with E-state index >= 15 is 0 Å². The predicted molar refractivity (Wildman–Crippen MR) is 67.6 cm³/mol. The summed E-state index contributed by atoms with van der Waals surface area (Å²) in [6.07, 6.45) is 4.86. The first kappa shape index (κ1) is 12.1. The second-order valence-corrected chi connectivity index (χ2v) is 5.73. The molecule has 1 aromatic carbocycles. The normalized spacial score (nSPS) is 30.9. The smallest absolute Gasteiger partial charge is 0.285 e. The van der Waals surface area contributed by atoms with Gasteiger partial charge < -0.3 is 5.32 Å². The molecule has 0 heterocycles. The van der Waals surface area contributed by atoms with Crippen molar-refractivity contribution < 1.29 is 8.78 Å². The highest BCUT2D eigenvalue weighted by Crippen LogP contribution is 2.44. The zero-order valence-electron chi connectivity index (χ0n) is 10.4. The molecule has 0 aromatic heterocycles. The number of benzene rings is 1. The van der Waals surface area contributed by atoms with E-state index in [4.69, 9.17) is 0 Å². The summed E-state index contributed by atoms with van der Waals surface area (Å²) in [7, 11) is 0. The number of fused-ring (bicyclic) bond motifs is 2. The van der Waals surface area contributed by atoms with E-state index in [1.54, 1.807) is 18.2 Å². The fraction of sp³-hybridized carbons (Fsp3) is 0.600. The van der Waals surface area contributed by atoms with E-state index in [-0.39, 0.29) is 12.1 Å². The quantitative estimate of drug-likeness (QED) is 0.862. The Balaban J connectivity index is 1.59. The molecule has 2 fully saturated rings. The van der Waals surface area contributed by atoms with Gasteiger partial charge in [0, 0.05) is 11.6 Å². The highest BCUT2D eigenvalue weighted by atomic mass is 19.3. The Morgan fingerprint density at radius 2 is 1.89 bits per heavy atom. The van der Waals surface area contributed by atoms with E-state index in [1.165, 1.54) is 31.4 Å². The summed E-state index contributed by atoms with van der Waals surface area (Å²) in [5.74, 6) is -1.33. The Morgan fingerprint density at radius 1 is 1.11 bits per heavy atom. The van der Waals surface area contributed by atoms with Crippen LogP contribution >= 0.6 is 0 Å². The first-order valence-electron chi connectivity index (χ1n) is 6.82. The molecule has 18 heavy (non-hydrogen) atoms. The van der Waals surface area contributed by atoms with Crippen molar-refractivity contribution in [3.05, 3.63) is 35.9 Å². The van der Waals surface area contributed by atoms with Gasteiger partial charge in [0.1, 0.15) is 0 Å². The molecule has 2 bridgehead atoms.